The number of carbonyl (C=O) groups is 2. The highest BCUT2D eigenvalue weighted by atomic mass is 32.1. The molecule has 3 heterocycles. The molecule has 0 fully saturated rings. The van der Waals surface area contributed by atoms with E-state index in [1.807, 2.05) is 5.38 Å². The predicted molar refractivity (Wildman–Crippen MR) is 95.3 cm³/mol. The van der Waals surface area contributed by atoms with Gasteiger partial charge in [0.2, 0.25) is 12.5 Å². The quantitative estimate of drug-likeness (QED) is 0.886. The van der Waals surface area contributed by atoms with E-state index in [9.17, 15) is 9.59 Å². The van der Waals surface area contributed by atoms with E-state index in [-0.39, 0.29) is 25.2 Å². The summed E-state index contributed by atoms with van der Waals surface area (Å²) < 4.78 is 16.7. The number of methoxy groups -OCH3 is 1. The van der Waals surface area contributed by atoms with Crippen LogP contribution < -0.4 is 19.5 Å². The molecule has 0 unspecified atom stereocenters. The lowest BCUT2D eigenvalue weighted by molar-refractivity contribution is 0.0775. The van der Waals surface area contributed by atoms with Crippen molar-refractivity contribution in [2.24, 2.45) is 0 Å². The normalized spacial score (nSPS) is 15.0. The first-order valence-electron chi connectivity index (χ1n) is 8.19. The summed E-state index contributed by atoms with van der Waals surface area (Å²) in [6.07, 6.45) is 0.661. The smallest absolute Gasteiger partial charge is 0.257 e. The molecule has 2 amide bonds. The molecule has 0 spiro atoms. The minimum Gasteiger partial charge on any atom is -0.492 e. The van der Waals surface area contributed by atoms with E-state index in [2.05, 4.69) is 5.32 Å². The van der Waals surface area contributed by atoms with Crippen LogP contribution in [0.5, 0.6) is 17.2 Å². The van der Waals surface area contributed by atoms with Gasteiger partial charge in [-0.3, -0.25) is 9.59 Å². The number of hydrogen-bond acceptors (Lipinski definition) is 6. The van der Waals surface area contributed by atoms with Gasteiger partial charge in [-0.1, -0.05) is 0 Å². The predicted octanol–water partition coefficient (Wildman–Crippen LogP) is 2.04. The van der Waals surface area contributed by atoms with E-state index in [0.29, 0.717) is 41.3 Å². The summed E-state index contributed by atoms with van der Waals surface area (Å²) in [6, 6.07) is 1.77. The molecule has 1 aromatic carbocycles. The molecule has 1 N–H and O–H groups in total. The van der Waals surface area contributed by atoms with Crippen LogP contribution in [0.15, 0.2) is 16.8 Å². The fraction of sp³-hybridized carbons (Fsp3) is 0.333. The summed E-state index contributed by atoms with van der Waals surface area (Å²) in [5.41, 5.74) is 2.73. The summed E-state index contributed by atoms with van der Waals surface area (Å²) in [6.45, 7) is 0.911. The first-order valence-corrected chi connectivity index (χ1v) is 9.13. The van der Waals surface area contributed by atoms with Gasteiger partial charge in [-0.05, 0) is 23.4 Å². The third-order valence-electron chi connectivity index (χ3n) is 4.66. The van der Waals surface area contributed by atoms with Gasteiger partial charge in [-0.15, -0.1) is 0 Å². The number of amides is 2. The highest BCUT2D eigenvalue weighted by Crippen LogP contribution is 2.49. The second kappa shape index (κ2) is 6.53. The maximum atomic E-state index is 12.7. The minimum atomic E-state index is -0.164. The lowest BCUT2D eigenvalue weighted by Crippen LogP contribution is -2.36. The highest BCUT2D eigenvalue weighted by molar-refractivity contribution is 7.08. The minimum absolute atomic E-state index is 0.0596. The van der Waals surface area contributed by atoms with Gasteiger partial charge in [-0.2, -0.15) is 11.3 Å². The number of likely N-dealkylation sites (N-methyl/N-ethyl adjacent to an activating group) is 1. The lowest BCUT2D eigenvalue weighted by Gasteiger charge is -2.29. The lowest BCUT2D eigenvalue weighted by atomic mass is 9.91. The number of fused-ring (bicyclic) bond motifs is 2. The van der Waals surface area contributed by atoms with Gasteiger partial charge in [0.05, 0.1) is 12.7 Å². The van der Waals surface area contributed by atoms with Gasteiger partial charge in [-0.25, -0.2) is 0 Å². The van der Waals surface area contributed by atoms with Gasteiger partial charge < -0.3 is 24.4 Å². The van der Waals surface area contributed by atoms with Crippen molar-refractivity contribution in [3.8, 4) is 17.2 Å². The van der Waals surface area contributed by atoms with Crippen molar-refractivity contribution in [1.82, 2.24) is 10.2 Å². The molecule has 0 radical (unpaired) electrons. The SMILES string of the molecule is COc1c2c(c(CNC(=O)c3ccsc3)c3c1C(=O)N(C)CC3)OCO2. The number of nitrogens with one attached hydrogen (secondary N) is 1. The van der Waals surface area contributed by atoms with Crippen molar-refractivity contribution in [2.45, 2.75) is 13.0 Å². The Kier molecular flexibility index (Phi) is 4.20. The van der Waals surface area contributed by atoms with Gasteiger partial charge in [0.15, 0.2) is 11.5 Å². The van der Waals surface area contributed by atoms with Gasteiger partial charge >= 0.3 is 0 Å². The number of thiophene rings is 1. The van der Waals surface area contributed by atoms with E-state index < -0.39 is 0 Å². The third-order valence-corrected chi connectivity index (χ3v) is 5.34. The third kappa shape index (κ3) is 2.57. The Bertz CT molecular complexity index is 878. The Balaban J connectivity index is 1.76. The molecule has 26 heavy (non-hydrogen) atoms. The molecule has 0 saturated carbocycles. The molecule has 2 aromatic rings. The van der Waals surface area contributed by atoms with Crippen LogP contribution in [0.1, 0.15) is 31.8 Å². The van der Waals surface area contributed by atoms with E-state index >= 15 is 0 Å². The zero-order valence-electron chi connectivity index (χ0n) is 14.5. The van der Waals surface area contributed by atoms with Crippen molar-refractivity contribution in [3.05, 3.63) is 39.1 Å². The van der Waals surface area contributed by atoms with Crippen molar-refractivity contribution in [3.63, 3.8) is 0 Å². The maximum absolute atomic E-state index is 12.7. The molecule has 0 aliphatic carbocycles. The van der Waals surface area contributed by atoms with Crippen LogP contribution in [0.3, 0.4) is 0 Å². The summed E-state index contributed by atoms with van der Waals surface area (Å²) in [7, 11) is 3.27. The standard InChI is InChI=1S/C18H18N2O5S/c1-20-5-3-11-12(7-19-17(21)10-4-6-26-8-10)14-16(25-9-24-14)15(23-2)13(11)18(20)22/h4,6,8H,3,5,7,9H2,1-2H3,(H,19,21). The Morgan fingerprint density at radius 3 is 2.92 bits per heavy atom. The molecular formula is C18H18N2O5S. The molecule has 2 aliphatic rings. The molecule has 0 atom stereocenters. The molecular weight excluding hydrogens is 356 g/mol. The second-order valence-corrected chi connectivity index (χ2v) is 6.88. The molecule has 7 nitrogen and oxygen atoms in total. The second-order valence-electron chi connectivity index (χ2n) is 6.10. The Morgan fingerprint density at radius 1 is 1.38 bits per heavy atom. The highest BCUT2D eigenvalue weighted by Gasteiger charge is 2.36. The molecule has 0 saturated heterocycles. The average molecular weight is 374 g/mol. The number of nitrogens with zero attached hydrogens (tertiary/aromatic N) is 1. The van der Waals surface area contributed by atoms with Crippen LogP contribution in [0.2, 0.25) is 0 Å². The fourth-order valence-corrected chi connectivity index (χ4v) is 3.97. The molecule has 8 heteroatoms. The van der Waals surface area contributed by atoms with Crippen LogP contribution in [0, 0.1) is 0 Å². The van der Waals surface area contributed by atoms with E-state index in [1.165, 1.54) is 18.4 Å². The molecule has 2 aliphatic heterocycles. The molecule has 4 rings (SSSR count). The largest absolute Gasteiger partial charge is 0.492 e. The van der Waals surface area contributed by atoms with Crippen molar-refractivity contribution in [2.75, 3.05) is 27.5 Å². The Morgan fingerprint density at radius 2 is 2.19 bits per heavy atom. The molecule has 136 valence electrons. The number of carbonyl (C=O) groups excluding carboxylic acids is 2. The van der Waals surface area contributed by atoms with Gasteiger partial charge in [0.1, 0.15) is 0 Å². The average Bonchev–Trinajstić information content (AvgIpc) is 3.33. The van der Waals surface area contributed by atoms with Crippen LogP contribution in [-0.2, 0) is 13.0 Å². The summed E-state index contributed by atoms with van der Waals surface area (Å²) >= 11 is 1.47. The van der Waals surface area contributed by atoms with Gasteiger partial charge in [0, 0.05) is 36.6 Å². The first-order chi connectivity index (χ1) is 12.6. The maximum Gasteiger partial charge on any atom is 0.257 e. The van der Waals surface area contributed by atoms with E-state index in [0.717, 1.165) is 11.1 Å². The molecule has 0 bridgehead atoms. The summed E-state index contributed by atoms with van der Waals surface area (Å²) in [5, 5.41) is 6.56. The van der Waals surface area contributed by atoms with Crippen LogP contribution in [0.4, 0.5) is 0 Å². The first kappa shape index (κ1) is 16.7. The fourth-order valence-electron chi connectivity index (χ4n) is 3.33. The van der Waals surface area contributed by atoms with Crippen LogP contribution in [-0.4, -0.2) is 44.2 Å². The van der Waals surface area contributed by atoms with Crippen molar-refractivity contribution < 1.29 is 23.8 Å². The Labute approximate surface area is 154 Å². The van der Waals surface area contributed by atoms with Crippen molar-refractivity contribution >= 4 is 23.2 Å². The zero-order chi connectivity index (χ0) is 18.3. The van der Waals surface area contributed by atoms with E-state index in [1.54, 1.807) is 23.4 Å². The van der Waals surface area contributed by atoms with Crippen LogP contribution in [0.25, 0.3) is 0 Å². The van der Waals surface area contributed by atoms with Crippen LogP contribution >= 0.6 is 11.3 Å². The number of hydrogen-bond donors (Lipinski definition) is 1. The Hall–Kier alpha value is -2.74. The number of benzene rings is 1. The topological polar surface area (TPSA) is 77.1 Å². The zero-order valence-corrected chi connectivity index (χ0v) is 15.3. The monoisotopic (exact) mass is 374 g/mol. The van der Waals surface area contributed by atoms with Gasteiger partial charge in [0.25, 0.3) is 11.8 Å². The van der Waals surface area contributed by atoms with E-state index in [4.69, 9.17) is 14.2 Å². The summed E-state index contributed by atoms with van der Waals surface area (Å²) in [5.74, 6) is 1.09. The van der Waals surface area contributed by atoms with Crippen molar-refractivity contribution in [1.29, 1.82) is 0 Å². The number of ether oxygens (including phenoxy) is 3. The summed E-state index contributed by atoms with van der Waals surface area (Å²) in [4.78, 5) is 26.7. The molecule has 1 aromatic heterocycles. The number of rotatable bonds is 4.